The molecule has 1 unspecified atom stereocenters. The average molecular weight is 373 g/mol. The van der Waals surface area contributed by atoms with Gasteiger partial charge in [0.2, 0.25) is 5.91 Å². The summed E-state index contributed by atoms with van der Waals surface area (Å²) in [7, 11) is 1.99. The number of carbonyl (C=O) groups excluding carboxylic acids is 1. The number of likely N-dealkylation sites (N-methyl/N-ethyl adjacent to an activating group) is 1. The summed E-state index contributed by atoms with van der Waals surface area (Å²) < 4.78 is 0. The van der Waals surface area contributed by atoms with E-state index in [1.165, 1.54) is 11.1 Å². The first kappa shape index (κ1) is 19.8. The fourth-order valence-corrected chi connectivity index (χ4v) is 3.37. The van der Waals surface area contributed by atoms with Gasteiger partial charge in [-0.2, -0.15) is 0 Å². The Morgan fingerprint density at radius 2 is 1.39 bits per heavy atom. The minimum atomic E-state index is -0.369. The molecule has 0 aliphatic rings. The normalized spacial score (nSPS) is 12.2. The van der Waals surface area contributed by atoms with Gasteiger partial charge in [-0.25, -0.2) is 0 Å². The van der Waals surface area contributed by atoms with Gasteiger partial charge in [0.1, 0.15) is 6.04 Å². The summed E-state index contributed by atoms with van der Waals surface area (Å²) >= 11 is 0. The highest BCUT2D eigenvalue weighted by Gasteiger charge is 2.25. The molecule has 3 nitrogen and oxygen atoms in total. The van der Waals surface area contributed by atoms with Crippen molar-refractivity contribution in [2.24, 2.45) is 0 Å². The van der Waals surface area contributed by atoms with Crippen molar-refractivity contribution in [3.8, 4) is 0 Å². The van der Waals surface area contributed by atoms with Crippen molar-refractivity contribution in [1.82, 2.24) is 4.90 Å². The lowest BCUT2D eigenvalue weighted by atomic mass is 10.0. The molecule has 0 aromatic heterocycles. The van der Waals surface area contributed by atoms with Gasteiger partial charge in [0.05, 0.1) is 0 Å². The Kier molecular flexibility index (Phi) is 6.62. The Bertz CT molecular complexity index is 873. The molecular weight excluding hydrogens is 344 g/mol. The average Bonchev–Trinajstić information content (AvgIpc) is 2.70. The van der Waals surface area contributed by atoms with Gasteiger partial charge in [0, 0.05) is 12.2 Å². The third kappa shape index (κ3) is 5.08. The van der Waals surface area contributed by atoms with E-state index in [0.717, 1.165) is 11.3 Å². The van der Waals surface area contributed by atoms with Crippen LogP contribution >= 0.6 is 0 Å². The van der Waals surface area contributed by atoms with E-state index in [0.29, 0.717) is 12.5 Å². The van der Waals surface area contributed by atoms with E-state index in [1.807, 2.05) is 67.7 Å². The topological polar surface area (TPSA) is 32.3 Å². The van der Waals surface area contributed by atoms with Crippen LogP contribution in [0.2, 0.25) is 0 Å². The highest BCUT2D eigenvalue weighted by Crippen LogP contribution is 2.24. The molecule has 0 aliphatic heterocycles. The second-order valence-corrected chi connectivity index (χ2v) is 7.48. The Morgan fingerprint density at radius 3 is 1.96 bits per heavy atom. The van der Waals surface area contributed by atoms with Gasteiger partial charge in [-0.05, 0) is 41.8 Å². The van der Waals surface area contributed by atoms with E-state index in [4.69, 9.17) is 0 Å². The summed E-state index contributed by atoms with van der Waals surface area (Å²) in [4.78, 5) is 15.3. The molecule has 0 bridgehead atoms. The van der Waals surface area contributed by atoms with Crippen LogP contribution in [0.4, 0.5) is 5.69 Å². The molecule has 0 heterocycles. The van der Waals surface area contributed by atoms with Crippen molar-refractivity contribution in [1.29, 1.82) is 0 Å². The van der Waals surface area contributed by atoms with Gasteiger partial charge >= 0.3 is 0 Å². The maximum Gasteiger partial charge on any atom is 0.246 e. The summed E-state index contributed by atoms with van der Waals surface area (Å²) in [6.07, 6.45) is 0. The fourth-order valence-electron chi connectivity index (χ4n) is 3.37. The van der Waals surface area contributed by atoms with E-state index in [-0.39, 0.29) is 11.9 Å². The lowest BCUT2D eigenvalue weighted by Gasteiger charge is -2.27. The number of amides is 1. The van der Waals surface area contributed by atoms with E-state index >= 15 is 0 Å². The maximum absolute atomic E-state index is 13.2. The molecule has 0 saturated heterocycles. The van der Waals surface area contributed by atoms with Gasteiger partial charge in [-0.3, -0.25) is 9.69 Å². The number of hydrogen-bond donors (Lipinski definition) is 1. The quantitative estimate of drug-likeness (QED) is 0.583. The first-order valence-electron chi connectivity index (χ1n) is 9.74. The Balaban J connectivity index is 1.80. The van der Waals surface area contributed by atoms with Crippen molar-refractivity contribution in [2.45, 2.75) is 32.4 Å². The standard InChI is InChI=1S/C25H28N2O/c1-19(2)21-14-16-23(17-15-21)26-25(28)24(22-12-8-5-9-13-22)27(3)18-20-10-6-4-7-11-20/h4-17,19,24H,18H2,1-3H3,(H,26,28). The van der Waals surface area contributed by atoms with E-state index in [1.54, 1.807) is 0 Å². The third-order valence-electron chi connectivity index (χ3n) is 4.92. The highest BCUT2D eigenvalue weighted by molar-refractivity contribution is 5.95. The van der Waals surface area contributed by atoms with Crippen LogP contribution in [0.3, 0.4) is 0 Å². The molecule has 1 N–H and O–H groups in total. The largest absolute Gasteiger partial charge is 0.324 e. The molecule has 1 atom stereocenters. The number of rotatable bonds is 7. The predicted octanol–water partition coefficient (Wildman–Crippen LogP) is 5.62. The number of carbonyl (C=O) groups is 1. The van der Waals surface area contributed by atoms with Crippen molar-refractivity contribution >= 4 is 11.6 Å². The van der Waals surface area contributed by atoms with Crippen LogP contribution in [0, 0.1) is 0 Å². The number of anilines is 1. The summed E-state index contributed by atoms with van der Waals surface area (Å²) in [5, 5.41) is 3.09. The monoisotopic (exact) mass is 372 g/mol. The van der Waals surface area contributed by atoms with Gasteiger partial charge in [-0.1, -0.05) is 86.6 Å². The van der Waals surface area contributed by atoms with Crippen LogP contribution in [0.25, 0.3) is 0 Å². The smallest absolute Gasteiger partial charge is 0.246 e. The van der Waals surface area contributed by atoms with Gasteiger partial charge in [0.15, 0.2) is 0 Å². The van der Waals surface area contributed by atoms with E-state index in [2.05, 4.69) is 48.3 Å². The Labute approximate surface area is 168 Å². The summed E-state index contributed by atoms with van der Waals surface area (Å²) in [6, 6.07) is 27.9. The minimum Gasteiger partial charge on any atom is -0.324 e. The Hall–Kier alpha value is -2.91. The SMILES string of the molecule is CC(C)c1ccc(NC(=O)C(c2ccccc2)N(C)Cc2ccccc2)cc1. The predicted molar refractivity (Wildman–Crippen MR) is 116 cm³/mol. The third-order valence-corrected chi connectivity index (χ3v) is 4.92. The van der Waals surface area contributed by atoms with Gasteiger partial charge in [-0.15, -0.1) is 0 Å². The van der Waals surface area contributed by atoms with Crippen LogP contribution in [0.5, 0.6) is 0 Å². The van der Waals surface area contributed by atoms with Crippen molar-refractivity contribution < 1.29 is 4.79 Å². The zero-order chi connectivity index (χ0) is 19.9. The van der Waals surface area contributed by atoms with Crippen LogP contribution < -0.4 is 5.32 Å². The second-order valence-electron chi connectivity index (χ2n) is 7.48. The summed E-state index contributed by atoms with van der Waals surface area (Å²) in [5.74, 6) is 0.445. The zero-order valence-electron chi connectivity index (χ0n) is 16.8. The van der Waals surface area contributed by atoms with Crippen molar-refractivity contribution in [2.75, 3.05) is 12.4 Å². The minimum absolute atomic E-state index is 0.0260. The van der Waals surface area contributed by atoms with Gasteiger partial charge in [0.25, 0.3) is 0 Å². The lowest BCUT2D eigenvalue weighted by Crippen LogP contribution is -2.34. The fraction of sp³-hybridized carbons (Fsp3) is 0.240. The van der Waals surface area contributed by atoms with E-state index in [9.17, 15) is 4.79 Å². The molecule has 0 radical (unpaired) electrons. The molecule has 3 aromatic rings. The number of hydrogen-bond acceptors (Lipinski definition) is 2. The summed E-state index contributed by atoms with van der Waals surface area (Å²) in [5.41, 5.74) is 4.25. The van der Waals surface area contributed by atoms with E-state index < -0.39 is 0 Å². The first-order chi connectivity index (χ1) is 13.5. The number of nitrogens with zero attached hydrogens (tertiary/aromatic N) is 1. The molecule has 28 heavy (non-hydrogen) atoms. The Morgan fingerprint density at radius 1 is 0.821 bits per heavy atom. The first-order valence-corrected chi connectivity index (χ1v) is 9.74. The lowest BCUT2D eigenvalue weighted by molar-refractivity contribution is -0.121. The molecule has 144 valence electrons. The van der Waals surface area contributed by atoms with Crippen LogP contribution in [0.15, 0.2) is 84.9 Å². The number of nitrogens with one attached hydrogen (secondary N) is 1. The van der Waals surface area contributed by atoms with Crippen LogP contribution in [0.1, 0.15) is 42.5 Å². The highest BCUT2D eigenvalue weighted by atomic mass is 16.2. The zero-order valence-corrected chi connectivity index (χ0v) is 16.8. The molecule has 3 heteroatoms. The second kappa shape index (κ2) is 9.34. The molecule has 0 aliphatic carbocycles. The molecular formula is C25H28N2O. The van der Waals surface area contributed by atoms with Crippen LogP contribution in [-0.2, 0) is 11.3 Å². The van der Waals surface area contributed by atoms with Crippen LogP contribution in [-0.4, -0.2) is 17.9 Å². The molecule has 0 spiro atoms. The molecule has 0 saturated carbocycles. The van der Waals surface area contributed by atoms with Crippen molar-refractivity contribution in [3.05, 3.63) is 102 Å². The molecule has 3 rings (SSSR count). The summed E-state index contributed by atoms with van der Waals surface area (Å²) in [6.45, 7) is 5.02. The van der Waals surface area contributed by atoms with Gasteiger partial charge < -0.3 is 5.32 Å². The van der Waals surface area contributed by atoms with Crippen molar-refractivity contribution in [3.63, 3.8) is 0 Å². The molecule has 0 fully saturated rings. The molecule has 1 amide bonds. The maximum atomic E-state index is 13.2. The number of benzene rings is 3. The molecule has 3 aromatic carbocycles.